The topological polar surface area (TPSA) is 71.8 Å². The summed E-state index contributed by atoms with van der Waals surface area (Å²) in [6.07, 6.45) is 3.84. The SMILES string of the molecule is Cl.Cl.N[C@@H](Cc1cnc[nH]1)C(=O)Cc1ccc(F)cc1. The van der Waals surface area contributed by atoms with Gasteiger partial charge in [0.2, 0.25) is 0 Å². The number of ketones is 1. The molecule has 1 heterocycles. The number of rotatable bonds is 5. The Bertz CT molecular complexity index is 517. The average molecular weight is 320 g/mol. The standard InChI is InChI=1S/C13H14FN3O.2ClH/c14-10-3-1-9(2-4-10)5-13(18)12(15)6-11-7-16-8-17-11;;/h1-4,7-8,12H,5-6,15H2,(H,16,17);2*1H/t12-;;/m0../s1. The van der Waals surface area contributed by atoms with E-state index in [9.17, 15) is 9.18 Å². The number of halogens is 3. The van der Waals surface area contributed by atoms with Gasteiger partial charge in [0.15, 0.2) is 5.78 Å². The smallest absolute Gasteiger partial charge is 0.154 e. The van der Waals surface area contributed by atoms with Gasteiger partial charge in [-0.1, -0.05) is 12.1 Å². The third-order valence-corrected chi connectivity index (χ3v) is 2.70. The average Bonchev–Trinajstić information content (AvgIpc) is 2.85. The number of H-pyrrole nitrogens is 1. The lowest BCUT2D eigenvalue weighted by molar-refractivity contribution is -0.119. The molecule has 0 saturated carbocycles. The van der Waals surface area contributed by atoms with Crippen LogP contribution in [-0.4, -0.2) is 21.8 Å². The largest absolute Gasteiger partial charge is 0.348 e. The molecule has 4 nitrogen and oxygen atoms in total. The fraction of sp³-hybridized carbons (Fsp3) is 0.231. The molecule has 0 spiro atoms. The van der Waals surface area contributed by atoms with Crippen LogP contribution in [0.5, 0.6) is 0 Å². The maximum atomic E-state index is 12.7. The van der Waals surface area contributed by atoms with Crippen LogP contribution in [0.4, 0.5) is 4.39 Å². The Morgan fingerprint density at radius 2 is 1.95 bits per heavy atom. The molecule has 110 valence electrons. The second kappa shape index (κ2) is 8.68. The first-order valence-electron chi connectivity index (χ1n) is 5.65. The third kappa shape index (κ3) is 5.28. The van der Waals surface area contributed by atoms with Gasteiger partial charge in [0.1, 0.15) is 5.82 Å². The Morgan fingerprint density at radius 3 is 2.50 bits per heavy atom. The highest BCUT2D eigenvalue weighted by Gasteiger charge is 2.15. The summed E-state index contributed by atoms with van der Waals surface area (Å²) in [4.78, 5) is 18.6. The number of nitrogens with one attached hydrogen (secondary N) is 1. The fourth-order valence-corrected chi connectivity index (χ4v) is 1.68. The van der Waals surface area contributed by atoms with Crippen molar-refractivity contribution in [3.05, 3.63) is 53.9 Å². The van der Waals surface area contributed by atoms with Crippen molar-refractivity contribution >= 4 is 30.6 Å². The van der Waals surface area contributed by atoms with Crippen LogP contribution in [0.15, 0.2) is 36.8 Å². The Labute approximate surface area is 128 Å². The number of nitrogens with zero attached hydrogens (tertiary/aromatic N) is 1. The minimum Gasteiger partial charge on any atom is -0.348 e. The minimum atomic E-state index is -0.574. The first kappa shape index (κ1) is 18.6. The van der Waals surface area contributed by atoms with E-state index in [-0.39, 0.29) is 42.8 Å². The van der Waals surface area contributed by atoms with Crippen molar-refractivity contribution in [3.8, 4) is 0 Å². The molecular formula is C13H16Cl2FN3O. The van der Waals surface area contributed by atoms with Crippen LogP contribution < -0.4 is 5.73 Å². The van der Waals surface area contributed by atoms with Gasteiger partial charge >= 0.3 is 0 Å². The molecule has 0 aliphatic carbocycles. The first-order chi connectivity index (χ1) is 8.65. The van der Waals surface area contributed by atoms with E-state index in [1.165, 1.54) is 12.1 Å². The zero-order valence-corrected chi connectivity index (χ0v) is 12.2. The van der Waals surface area contributed by atoms with E-state index in [1.54, 1.807) is 24.7 Å². The highest BCUT2D eigenvalue weighted by atomic mass is 35.5. The zero-order valence-electron chi connectivity index (χ0n) is 10.6. The summed E-state index contributed by atoms with van der Waals surface area (Å²) in [6.45, 7) is 0. The molecule has 0 fully saturated rings. The second-order valence-electron chi connectivity index (χ2n) is 4.16. The quantitative estimate of drug-likeness (QED) is 0.886. The van der Waals surface area contributed by atoms with E-state index in [1.807, 2.05) is 0 Å². The van der Waals surface area contributed by atoms with E-state index in [2.05, 4.69) is 9.97 Å². The van der Waals surface area contributed by atoms with Gasteiger partial charge < -0.3 is 10.7 Å². The lowest BCUT2D eigenvalue weighted by Crippen LogP contribution is -2.34. The predicted octanol–water partition coefficient (Wildman–Crippen LogP) is 2.07. The molecular weight excluding hydrogens is 304 g/mol. The number of carbonyl (C=O) groups excluding carboxylic acids is 1. The monoisotopic (exact) mass is 319 g/mol. The van der Waals surface area contributed by atoms with E-state index < -0.39 is 6.04 Å². The van der Waals surface area contributed by atoms with Gasteiger partial charge in [0.25, 0.3) is 0 Å². The van der Waals surface area contributed by atoms with Crippen molar-refractivity contribution in [2.75, 3.05) is 0 Å². The number of benzene rings is 1. The molecule has 2 rings (SSSR count). The van der Waals surface area contributed by atoms with Crippen molar-refractivity contribution in [3.63, 3.8) is 0 Å². The lowest BCUT2D eigenvalue weighted by atomic mass is 10.0. The van der Waals surface area contributed by atoms with Crippen molar-refractivity contribution < 1.29 is 9.18 Å². The van der Waals surface area contributed by atoms with Crippen molar-refractivity contribution in [1.82, 2.24) is 9.97 Å². The van der Waals surface area contributed by atoms with Crippen LogP contribution in [-0.2, 0) is 17.6 Å². The van der Waals surface area contributed by atoms with Gasteiger partial charge in [0.05, 0.1) is 12.4 Å². The van der Waals surface area contributed by atoms with E-state index in [0.29, 0.717) is 6.42 Å². The third-order valence-electron chi connectivity index (χ3n) is 2.70. The normalized spacial score (nSPS) is 11.1. The minimum absolute atomic E-state index is 0. The highest BCUT2D eigenvalue weighted by Crippen LogP contribution is 2.06. The van der Waals surface area contributed by atoms with Crippen LogP contribution >= 0.6 is 24.8 Å². The molecule has 0 aliphatic heterocycles. The van der Waals surface area contributed by atoms with E-state index in [4.69, 9.17) is 5.73 Å². The lowest BCUT2D eigenvalue weighted by Gasteiger charge is -2.09. The number of imidazole rings is 1. The maximum Gasteiger partial charge on any atom is 0.154 e. The van der Waals surface area contributed by atoms with Crippen molar-refractivity contribution in [2.24, 2.45) is 5.73 Å². The molecule has 0 saturated heterocycles. The number of aromatic nitrogens is 2. The van der Waals surface area contributed by atoms with Crippen LogP contribution in [0, 0.1) is 5.82 Å². The van der Waals surface area contributed by atoms with Gasteiger partial charge in [-0.25, -0.2) is 9.37 Å². The van der Waals surface area contributed by atoms with Gasteiger partial charge in [-0.2, -0.15) is 0 Å². The van der Waals surface area contributed by atoms with Gasteiger partial charge in [-0.3, -0.25) is 4.79 Å². The highest BCUT2D eigenvalue weighted by molar-refractivity contribution is 5.86. The second-order valence-corrected chi connectivity index (χ2v) is 4.16. The molecule has 0 bridgehead atoms. The van der Waals surface area contributed by atoms with Crippen molar-refractivity contribution in [2.45, 2.75) is 18.9 Å². The van der Waals surface area contributed by atoms with Crippen LogP contribution in [0.3, 0.4) is 0 Å². The van der Waals surface area contributed by atoms with E-state index >= 15 is 0 Å². The zero-order chi connectivity index (χ0) is 13.0. The molecule has 7 heteroatoms. The predicted molar refractivity (Wildman–Crippen MR) is 79.9 cm³/mol. The van der Waals surface area contributed by atoms with Crippen LogP contribution in [0.25, 0.3) is 0 Å². The Kier molecular flexibility index (Phi) is 8.06. The molecule has 0 aliphatic rings. The summed E-state index contributed by atoms with van der Waals surface area (Å²) in [7, 11) is 0. The Hall–Kier alpha value is -1.43. The van der Waals surface area contributed by atoms with Crippen molar-refractivity contribution in [1.29, 1.82) is 0 Å². The maximum absolute atomic E-state index is 12.7. The fourth-order valence-electron chi connectivity index (χ4n) is 1.68. The van der Waals surface area contributed by atoms with Crippen LogP contribution in [0.1, 0.15) is 11.3 Å². The van der Waals surface area contributed by atoms with E-state index in [0.717, 1.165) is 11.3 Å². The summed E-state index contributed by atoms with van der Waals surface area (Å²) in [6, 6.07) is 5.29. The molecule has 1 atom stereocenters. The van der Waals surface area contributed by atoms with Gasteiger partial charge in [-0.05, 0) is 17.7 Å². The summed E-state index contributed by atoms with van der Waals surface area (Å²) < 4.78 is 12.7. The number of aromatic amines is 1. The molecule has 1 aromatic heterocycles. The molecule has 3 N–H and O–H groups in total. The Balaban J connectivity index is 0.00000180. The van der Waals surface area contributed by atoms with Gasteiger partial charge in [-0.15, -0.1) is 24.8 Å². The first-order valence-corrected chi connectivity index (χ1v) is 5.65. The number of nitrogens with two attached hydrogens (primary N) is 1. The Morgan fingerprint density at radius 1 is 1.30 bits per heavy atom. The number of hydrogen-bond donors (Lipinski definition) is 2. The number of Topliss-reactive ketones (excluding diaryl/α,β-unsaturated/α-hetero) is 1. The van der Waals surface area contributed by atoms with Crippen LogP contribution in [0.2, 0.25) is 0 Å². The molecule has 1 aromatic carbocycles. The summed E-state index contributed by atoms with van der Waals surface area (Å²) in [5, 5.41) is 0. The number of hydrogen-bond acceptors (Lipinski definition) is 3. The molecule has 0 radical (unpaired) electrons. The summed E-state index contributed by atoms with van der Waals surface area (Å²) in [5.74, 6) is -0.385. The molecule has 0 unspecified atom stereocenters. The summed E-state index contributed by atoms with van der Waals surface area (Å²) in [5.41, 5.74) is 7.41. The van der Waals surface area contributed by atoms with Gasteiger partial charge in [0, 0.05) is 24.7 Å². The molecule has 2 aromatic rings. The summed E-state index contributed by atoms with van der Waals surface area (Å²) >= 11 is 0. The number of carbonyl (C=O) groups is 1. The molecule has 20 heavy (non-hydrogen) atoms. The molecule has 0 amide bonds.